The molecule has 51 heavy (non-hydrogen) atoms. The Hall–Kier alpha value is -1.82. The van der Waals surface area contributed by atoms with Crippen LogP contribution in [-0.4, -0.2) is 222 Å². The van der Waals surface area contributed by atoms with E-state index in [1.165, 1.54) is 0 Å². The van der Waals surface area contributed by atoms with Crippen molar-refractivity contribution in [1.29, 1.82) is 0 Å². The standard InChI is InChI=1S/C28H48N2O21/c1-7(35)29-13-18(40)15(37)9(3-31)46-26(13)50-23-14(30-8(2)36)27(47-10(4-32)16(23)38)51-24-17(39)11(5-33)48-28(21(24)43)49-22-12(6-34)45-25(44)20(42)19(22)41/h9-28,31-34,37-44H,3-6H2,1-2H3,(H,29,35)(H,30,36)/t9-,10-,11-,12-,13-,14-,15+,16+,17+,18-,19-,20-,21-,22-,23-,24+,25+,26-,27+,28+/m1/s1. The molecule has 0 aromatic carbocycles. The Kier molecular flexibility index (Phi) is 14.8. The number of amides is 2. The summed E-state index contributed by atoms with van der Waals surface area (Å²) in [6.45, 7) is -1.34. The van der Waals surface area contributed by atoms with Gasteiger partial charge in [0.2, 0.25) is 11.8 Å². The topological polar surface area (TPSA) is 366 Å². The summed E-state index contributed by atoms with van der Waals surface area (Å²) < 4.78 is 39.3. The van der Waals surface area contributed by atoms with Crippen LogP contribution >= 0.6 is 0 Å². The predicted octanol–water partition coefficient (Wildman–Crippen LogP) is -9.46. The van der Waals surface area contributed by atoms with Crippen molar-refractivity contribution in [3.63, 3.8) is 0 Å². The lowest BCUT2D eigenvalue weighted by Gasteiger charge is -2.50. The van der Waals surface area contributed by atoms with Crippen molar-refractivity contribution < 1.29 is 104 Å². The number of nitrogens with one attached hydrogen (secondary N) is 2. The molecule has 4 aliphatic heterocycles. The largest absolute Gasteiger partial charge is 0.394 e. The molecule has 14 N–H and O–H groups in total. The second kappa shape index (κ2) is 18.0. The average Bonchev–Trinajstić information content (AvgIpc) is 3.09. The smallest absolute Gasteiger partial charge is 0.217 e. The molecule has 2 amide bonds. The Morgan fingerprint density at radius 2 is 0.902 bits per heavy atom. The molecule has 20 atom stereocenters. The number of rotatable bonds is 12. The van der Waals surface area contributed by atoms with Gasteiger partial charge in [0, 0.05) is 13.8 Å². The van der Waals surface area contributed by atoms with Gasteiger partial charge in [0.25, 0.3) is 0 Å². The summed E-state index contributed by atoms with van der Waals surface area (Å²) in [6, 6.07) is -3.12. The fourth-order valence-electron chi connectivity index (χ4n) is 6.35. The van der Waals surface area contributed by atoms with Crippen LogP contribution in [0.1, 0.15) is 13.8 Å². The molecule has 4 aliphatic rings. The lowest BCUT2D eigenvalue weighted by atomic mass is 9.93. The molecule has 0 radical (unpaired) electrons. The third kappa shape index (κ3) is 9.11. The lowest BCUT2D eigenvalue weighted by Crippen LogP contribution is -2.71. The maximum absolute atomic E-state index is 12.4. The molecule has 0 saturated carbocycles. The van der Waals surface area contributed by atoms with Crippen molar-refractivity contribution in [2.45, 2.75) is 137 Å². The summed E-state index contributed by atoms with van der Waals surface area (Å²) in [6.07, 6.45) is -31.7. The van der Waals surface area contributed by atoms with Gasteiger partial charge in [-0.1, -0.05) is 0 Å². The Balaban J connectivity index is 1.64. The molecule has 0 aromatic rings. The zero-order valence-electron chi connectivity index (χ0n) is 27.4. The van der Waals surface area contributed by atoms with Gasteiger partial charge in [-0.05, 0) is 0 Å². The van der Waals surface area contributed by atoms with E-state index in [2.05, 4.69) is 10.6 Å². The van der Waals surface area contributed by atoms with E-state index >= 15 is 0 Å². The van der Waals surface area contributed by atoms with Gasteiger partial charge in [-0.3, -0.25) is 9.59 Å². The number of hydrogen-bond donors (Lipinski definition) is 14. The minimum Gasteiger partial charge on any atom is -0.394 e. The zero-order valence-corrected chi connectivity index (χ0v) is 27.4. The van der Waals surface area contributed by atoms with Crippen LogP contribution < -0.4 is 10.6 Å². The molecule has 4 saturated heterocycles. The van der Waals surface area contributed by atoms with E-state index < -0.39 is 161 Å². The van der Waals surface area contributed by atoms with Crippen LogP contribution in [0, 0.1) is 0 Å². The van der Waals surface area contributed by atoms with Crippen molar-refractivity contribution in [2.24, 2.45) is 0 Å². The molecule has 4 fully saturated rings. The molecule has 0 spiro atoms. The molecule has 296 valence electrons. The monoisotopic (exact) mass is 748 g/mol. The SMILES string of the molecule is CC(=O)N[C@H]1[C@@H](O[C@H]2[C@@H](O)[C@@H](CO)O[C@@H](O[C@H]3[C@@H](O)[C@@H](CO)O[C@@H](O[C@H]4[C@H](O)[C@@H](O)[C@@H](O)O[C@@H]4CO)[C@@H]3O)[C@@H]2NC(C)=O)O[C@H](CO)[C@H](O)[C@@H]1O. The zero-order chi connectivity index (χ0) is 37.9. The minimum atomic E-state index is -2.05. The summed E-state index contributed by atoms with van der Waals surface area (Å²) >= 11 is 0. The predicted molar refractivity (Wildman–Crippen MR) is 157 cm³/mol. The molecule has 0 aromatic heterocycles. The van der Waals surface area contributed by atoms with Crippen LogP contribution in [0.4, 0.5) is 0 Å². The Morgan fingerprint density at radius 1 is 0.471 bits per heavy atom. The van der Waals surface area contributed by atoms with Gasteiger partial charge in [0.15, 0.2) is 25.2 Å². The molecule has 0 unspecified atom stereocenters. The third-order valence-electron chi connectivity index (χ3n) is 9.01. The fourth-order valence-corrected chi connectivity index (χ4v) is 6.35. The van der Waals surface area contributed by atoms with Gasteiger partial charge in [0.05, 0.1) is 26.4 Å². The van der Waals surface area contributed by atoms with E-state index in [1.54, 1.807) is 0 Å². The third-order valence-corrected chi connectivity index (χ3v) is 9.01. The number of ether oxygens (including phenoxy) is 7. The summed E-state index contributed by atoms with van der Waals surface area (Å²) in [5.41, 5.74) is 0. The number of aliphatic hydroxyl groups is 12. The van der Waals surface area contributed by atoms with E-state index in [4.69, 9.17) is 33.2 Å². The van der Waals surface area contributed by atoms with Crippen LogP contribution in [0.5, 0.6) is 0 Å². The summed E-state index contributed by atoms with van der Waals surface area (Å²) in [7, 11) is 0. The van der Waals surface area contributed by atoms with E-state index in [0.717, 1.165) is 13.8 Å². The molecule has 23 nitrogen and oxygen atoms in total. The van der Waals surface area contributed by atoms with Gasteiger partial charge < -0.3 is 105 Å². The quantitative estimate of drug-likeness (QED) is 0.0881. The summed E-state index contributed by atoms with van der Waals surface area (Å²) in [5, 5.41) is 129. The minimum absolute atomic E-state index is 0.702. The van der Waals surface area contributed by atoms with E-state index in [0.29, 0.717) is 0 Å². The van der Waals surface area contributed by atoms with Crippen molar-refractivity contribution in [3.05, 3.63) is 0 Å². The Morgan fingerprint density at radius 3 is 1.43 bits per heavy atom. The lowest BCUT2D eigenvalue weighted by molar-refractivity contribution is -0.377. The number of hydrogen-bond acceptors (Lipinski definition) is 21. The summed E-state index contributed by atoms with van der Waals surface area (Å²) in [4.78, 5) is 24.4. The van der Waals surface area contributed by atoms with Gasteiger partial charge in [-0.25, -0.2) is 0 Å². The van der Waals surface area contributed by atoms with Gasteiger partial charge >= 0.3 is 0 Å². The van der Waals surface area contributed by atoms with E-state index in [1.807, 2.05) is 0 Å². The Labute approximate surface area is 289 Å². The second-order valence-electron chi connectivity index (χ2n) is 12.6. The fraction of sp³-hybridized carbons (Fsp3) is 0.929. The highest BCUT2D eigenvalue weighted by Crippen LogP contribution is 2.34. The molecular weight excluding hydrogens is 700 g/mol. The highest BCUT2D eigenvalue weighted by Gasteiger charge is 2.56. The average molecular weight is 749 g/mol. The molecule has 0 bridgehead atoms. The van der Waals surface area contributed by atoms with Crippen molar-refractivity contribution in [3.8, 4) is 0 Å². The number of carbonyl (C=O) groups is 2. The molecule has 4 rings (SSSR count). The number of carbonyl (C=O) groups excluding carboxylic acids is 2. The second-order valence-corrected chi connectivity index (χ2v) is 12.6. The first-order valence-electron chi connectivity index (χ1n) is 16.1. The van der Waals surface area contributed by atoms with E-state index in [9.17, 15) is 70.9 Å². The first-order valence-corrected chi connectivity index (χ1v) is 16.1. The van der Waals surface area contributed by atoms with Crippen molar-refractivity contribution in [2.75, 3.05) is 26.4 Å². The number of aliphatic hydroxyl groups excluding tert-OH is 12. The maximum Gasteiger partial charge on any atom is 0.217 e. The summed E-state index contributed by atoms with van der Waals surface area (Å²) in [5.74, 6) is -1.47. The van der Waals surface area contributed by atoms with Crippen LogP contribution in [0.25, 0.3) is 0 Å². The van der Waals surface area contributed by atoms with Crippen LogP contribution in [0.15, 0.2) is 0 Å². The van der Waals surface area contributed by atoms with Gasteiger partial charge in [0.1, 0.15) is 97.5 Å². The molecular formula is C28H48N2O21. The van der Waals surface area contributed by atoms with Gasteiger partial charge in [-0.2, -0.15) is 0 Å². The molecule has 0 aliphatic carbocycles. The van der Waals surface area contributed by atoms with Gasteiger partial charge in [-0.15, -0.1) is 0 Å². The first-order chi connectivity index (χ1) is 24.1. The molecule has 4 heterocycles. The van der Waals surface area contributed by atoms with Crippen LogP contribution in [0.2, 0.25) is 0 Å². The first kappa shape index (κ1) is 41.9. The van der Waals surface area contributed by atoms with E-state index in [-0.39, 0.29) is 0 Å². The highest BCUT2D eigenvalue weighted by molar-refractivity contribution is 5.73. The molecule has 23 heteroatoms. The maximum atomic E-state index is 12.4. The van der Waals surface area contributed by atoms with Crippen molar-refractivity contribution in [1.82, 2.24) is 10.6 Å². The van der Waals surface area contributed by atoms with Crippen LogP contribution in [0.3, 0.4) is 0 Å². The van der Waals surface area contributed by atoms with Crippen LogP contribution in [-0.2, 0) is 42.7 Å². The highest BCUT2D eigenvalue weighted by atomic mass is 16.8. The van der Waals surface area contributed by atoms with Crippen molar-refractivity contribution >= 4 is 11.8 Å². The normalized spacial score (nSPS) is 47.8. The Bertz CT molecular complexity index is 1140.